The zero-order valence-electron chi connectivity index (χ0n) is 13.0. The number of rotatable bonds is 10. The Morgan fingerprint density at radius 3 is 2.71 bits per heavy atom. The van der Waals surface area contributed by atoms with Crippen LogP contribution in [0.1, 0.15) is 51.0 Å². The van der Waals surface area contributed by atoms with Gasteiger partial charge in [0.05, 0.1) is 0 Å². The molecule has 0 aliphatic rings. The van der Waals surface area contributed by atoms with Crippen molar-refractivity contribution in [2.45, 2.75) is 58.1 Å². The monoisotopic (exact) mass is 289 g/mol. The second-order valence-electron chi connectivity index (χ2n) is 5.28. The van der Waals surface area contributed by atoms with Crippen molar-refractivity contribution in [2.75, 3.05) is 0 Å². The average Bonchev–Trinajstić information content (AvgIpc) is 2.51. The predicted molar refractivity (Wildman–Crippen MR) is 87.1 cm³/mol. The molecule has 1 rings (SSSR count). The summed E-state index contributed by atoms with van der Waals surface area (Å²) in [5.74, 6) is 0. The van der Waals surface area contributed by atoms with Crippen molar-refractivity contribution in [1.29, 1.82) is 0 Å². The third kappa shape index (κ3) is 8.18. The van der Waals surface area contributed by atoms with E-state index in [9.17, 15) is 4.79 Å². The number of carbonyl (C=O) groups is 1. The molecule has 0 aliphatic heterocycles. The van der Waals surface area contributed by atoms with Gasteiger partial charge in [0, 0.05) is 6.04 Å². The highest BCUT2D eigenvalue weighted by Crippen LogP contribution is 2.09. The summed E-state index contributed by atoms with van der Waals surface area (Å²) >= 11 is 0. The minimum absolute atomic E-state index is 0.127. The van der Waals surface area contributed by atoms with E-state index in [4.69, 9.17) is 4.74 Å². The largest absolute Gasteiger partial charge is 0.445 e. The maximum atomic E-state index is 11.8. The molecule has 21 heavy (non-hydrogen) atoms. The minimum atomic E-state index is -0.346. The summed E-state index contributed by atoms with van der Waals surface area (Å²) in [7, 11) is 0. The third-order valence-electron chi connectivity index (χ3n) is 3.39. The summed E-state index contributed by atoms with van der Waals surface area (Å²) in [6.45, 7) is 6.26. The molecule has 116 valence electrons. The van der Waals surface area contributed by atoms with Crippen LogP contribution in [0.15, 0.2) is 43.0 Å². The fraction of sp³-hybridized carbons (Fsp3) is 0.500. The number of ether oxygens (including phenoxy) is 1. The van der Waals surface area contributed by atoms with Crippen LogP contribution in [-0.4, -0.2) is 12.1 Å². The molecule has 1 unspecified atom stereocenters. The zero-order valence-corrected chi connectivity index (χ0v) is 13.0. The Morgan fingerprint density at radius 1 is 1.29 bits per heavy atom. The van der Waals surface area contributed by atoms with Crippen molar-refractivity contribution >= 4 is 6.09 Å². The average molecular weight is 289 g/mol. The highest BCUT2D eigenvalue weighted by atomic mass is 16.5. The molecule has 0 aromatic heterocycles. The first-order chi connectivity index (χ1) is 10.3. The normalized spacial score (nSPS) is 11.7. The second-order valence-corrected chi connectivity index (χ2v) is 5.28. The minimum Gasteiger partial charge on any atom is -0.445 e. The quantitative estimate of drug-likeness (QED) is 0.495. The van der Waals surface area contributed by atoms with Crippen molar-refractivity contribution < 1.29 is 9.53 Å². The summed E-state index contributed by atoms with van der Waals surface area (Å²) in [5.41, 5.74) is 0.996. The molecule has 1 atom stereocenters. The maximum Gasteiger partial charge on any atom is 0.407 e. The van der Waals surface area contributed by atoms with Gasteiger partial charge < -0.3 is 10.1 Å². The van der Waals surface area contributed by atoms with Crippen molar-refractivity contribution in [3.63, 3.8) is 0 Å². The number of alkyl carbamates (subject to hydrolysis) is 1. The molecule has 1 aromatic carbocycles. The number of hydrogen-bond acceptors (Lipinski definition) is 2. The van der Waals surface area contributed by atoms with Crippen LogP contribution in [0.4, 0.5) is 4.79 Å². The van der Waals surface area contributed by atoms with Gasteiger partial charge in [-0.3, -0.25) is 0 Å². The van der Waals surface area contributed by atoms with Crippen LogP contribution in [0.25, 0.3) is 0 Å². The van der Waals surface area contributed by atoms with Crippen LogP contribution < -0.4 is 5.32 Å². The summed E-state index contributed by atoms with van der Waals surface area (Å²) in [6.07, 6.45) is 8.08. The van der Waals surface area contributed by atoms with Gasteiger partial charge in [-0.25, -0.2) is 4.79 Å². The van der Waals surface area contributed by atoms with Gasteiger partial charge in [-0.15, -0.1) is 6.58 Å². The smallest absolute Gasteiger partial charge is 0.407 e. The molecule has 1 amide bonds. The van der Waals surface area contributed by atoms with Gasteiger partial charge in [-0.2, -0.15) is 0 Å². The summed E-state index contributed by atoms with van der Waals surface area (Å²) < 4.78 is 5.25. The molecule has 0 aliphatic carbocycles. The molecular formula is C18H27NO2. The van der Waals surface area contributed by atoms with Gasteiger partial charge in [0.2, 0.25) is 0 Å². The lowest BCUT2D eigenvalue weighted by atomic mass is 10.0. The summed E-state index contributed by atoms with van der Waals surface area (Å²) in [6, 6.07) is 9.83. The first-order valence-corrected chi connectivity index (χ1v) is 7.84. The summed E-state index contributed by atoms with van der Waals surface area (Å²) in [4.78, 5) is 11.8. The van der Waals surface area contributed by atoms with E-state index in [2.05, 4.69) is 18.8 Å². The lowest BCUT2D eigenvalue weighted by molar-refractivity contribution is 0.135. The van der Waals surface area contributed by atoms with Crippen LogP contribution in [-0.2, 0) is 11.3 Å². The van der Waals surface area contributed by atoms with Crippen LogP contribution in [0.3, 0.4) is 0 Å². The number of nitrogens with one attached hydrogen (secondary N) is 1. The molecular weight excluding hydrogens is 262 g/mol. The standard InChI is InChI=1S/C18H27NO2/c1-3-5-6-10-14-17(11-4-2)19-18(20)21-15-16-12-8-7-9-13-16/h4,7-9,12-13,17H,2-3,5-6,10-11,14-15H2,1H3,(H,19,20). The fourth-order valence-corrected chi connectivity index (χ4v) is 2.20. The third-order valence-corrected chi connectivity index (χ3v) is 3.39. The van der Waals surface area contributed by atoms with Crippen molar-refractivity contribution in [3.8, 4) is 0 Å². The van der Waals surface area contributed by atoms with Gasteiger partial charge in [0.15, 0.2) is 0 Å². The van der Waals surface area contributed by atoms with E-state index in [0.29, 0.717) is 6.61 Å². The van der Waals surface area contributed by atoms with E-state index < -0.39 is 0 Å². The summed E-state index contributed by atoms with van der Waals surface area (Å²) in [5, 5.41) is 2.93. The highest BCUT2D eigenvalue weighted by molar-refractivity contribution is 5.67. The van der Waals surface area contributed by atoms with Gasteiger partial charge in [-0.1, -0.05) is 69.0 Å². The van der Waals surface area contributed by atoms with E-state index in [1.807, 2.05) is 36.4 Å². The molecule has 1 aromatic rings. The van der Waals surface area contributed by atoms with Crippen LogP contribution in [0.5, 0.6) is 0 Å². The number of hydrogen-bond donors (Lipinski definition) is 1. The SMILES string of the molecule is C=CCC(CCCCCC)NC(=O)OCc1ccccc1. The molecule has 0 bridgehead atoms. The van der Waals surface area contributed by atoms with E-state index in [0.717, 1.165) is 24.8 Å². The Labute approximate surface area is 128 Å². The molecule has 0 spiro atoms. The molecule has 3 heteroatoms. The maximum absolute atomic E-state index is 11.8. The Balaban J connectivity index is 2.29. The van der Waals surface area contributed by atoms with E-state index >= 15 is 0 Å². The topological polar surface area (TPSA) is 38.3 Å². The number of unbranched alkanes of at least 4 members (excludes halogenated alkanes) is 3. The lowest BCUT2D eigenvalue weighted by Gasteiger charge is -2.17. The fourth-order valence-electron chi connectivity index (χ4n) is 2.20. The molecule has 0 saturated heterocycles. The zero-order chi connectivity index (χ0) is 15.3. The van der Waals surface area contributed by atoms with Gasteiger partial charge >= 0.3 is 6.09 Å². The Bertz CT molecular complexity index is 403. The van der Waals surface area contributed by atoms with Crippen LogP contribution in [0.2, 0.25) is 0 Å². The van der Waals surface area contributed by atoms with Crippen molar-refractivity contribution in [2.24, 2.45) is 0 Å². The van der Waals surface area contributed by atoms with Crippen LogP contribution in [0, 0.1) is 0 Å². The van der Waals surface area contributed by atoms with Crippen LogP contribution >= 0.6 is 0 Å². The predicted octanol–water partition coefficient (Wildman–Crippen LogP) is 4.83. The number of carbonyl (C=O) groups excluding carboxylic acids is 1. The lowest BCUT2D eigenvalue weighted by Crippen LogP contribution is -2.34. The molecule has 1 N–H and O–H groups in total. The van der Waals surface area contributed by atoms with Gasteiger partial charge in [0.25, 0.3) is 0 Å². The van der Waals surface area contributed by atoms with E-state index in [1.54, 1.807) is 0 Å². The second kappa shape index (κ2) is 11.0. The molecule has 0 saturated carbocycles. The Hall–Kier alpha value is -1.77. The van der Waals surface area contributed by atoms with E-state index in [1.165, 1.54) is 19.3 Å². The van der Waals surface area contributed by atoms with Crippen molar-refractivity contribution in [1.82, 2.24) is 5.32 Å². The van der Waals surface area contributed by atoms with Gasteiger partial charge in [0.1, 0.15) is 6.61 Å². The molecule has 0 radical (unpaired) electrons. The van der Waals surface area contributed by atoms with Crippen molar-refractivity contribution in [3.05, 3.63) is 48.6 Å². The Kier molecular flexibility index (Phi) is 9.01. The van der Waals surface area contributed by atoms with Gasteiger partial charge in [-0.05, 0) is 18.4 Å². The molecule has 0 heterocycles. The first-order valence-electron chi connectivity index (χ1n) is 7.84. The number of benzene rings is 1. The highest BCUT2D eigenvalue weighted by Gasteiger charge is 2.11. The number of amides is 1. The van der Waals surface area contributed by atoms with E-state index in [-0.39, 0.29) is 12.1 Å². The molecule has 3 nitrogen and oxygen atoms in total. The Morgan fingerprint density at radius 2 is 2.05 bits per heavy atom. The molecule has 0 fully saturated rings. The first kappa shape index (κ1) is 17.3.